The number of ether oxygens (including phenoxy) is 5. The smallest absolute Gasteiger partial charge is 0.332 e. The molecule has 0 saturated carbocycles. The maximum atomic E-state index is 11.7. The molecule has 0 spiro atoms. The topological polar surface area (TPSA) is 199 Å². The Labute approximate surface area is 172 Å². The van der Waals surface area contributed by atoms with Crippen LogP contribution >= 0.6 is 0 Å². The molecule has 11 atom stereocenters. The molecule has 3 heterocycles. The molecule has 7 N–H and O–H groups in total. The zero-order valence-electron chi connectivity index (χ0n) is 16.5. The van der Waals surface area contributed by atoms with Crippen LogP contribution in [0.25, 0.3) is 0 Å². The van der Waals surface area contributed by atoms with Gasteiger partial charge in [-0.2, -0.15) is 0 Å². The largest absolute Gasteiger partial charge is 0.479 e. The molecule has 30 heavy (non-hydrogen) atoms. The molecule has 11 unspecified atom stereocenters. The predicted octanol–water partition coefficient (Wildman–Crippen LogP) is -3.74. The number of fused-ring (bicyclic) bond motifs is 2. The molecule has 3 aliphatic rings. The molecule has 0 radical (unpaired) electrons. The van der Waals surface area contributed by atoms with Crippen LogP contribution in [0.5, 0.6) is 0 Å². The third-order valence-electron chi connectivity index (χ3n) is 5.37. The van der Waals surface area contributed by atoms with Gasteiger partial charge in [0.15, 0.2) is 18.7 Å². The van der Waals surface area contributed by atoms with E-state index < -0.39 is 85.9 Å². The normalized spacial score (nSPS) is 44.5. The standard InChI is InChI=1S/C17H28N2O11/c1-5(15(24)25)27-14-10(19-6(2)21)17-26-4-8(29-17)13(14)30-16-9(18)12(23)11(22)7(3-20)28-16/h5,7-14,16-17,20,22-23H,3-4,18H2,1-2H3,(H,19,21)(H,24,25). The molecule has 0 aromatic carbocycles. The first-order valence-electron chi connectivity index (χ1n) is 9.60. The number of nitrogens with one attached hydrogen (secondary N) is 1. The quantitative estimate of drug-likeness (QED) is 0.228. The lowest BCUT2D eigenvalue weighted by Crippen LogP contribution is -2.67. The lowest BCUT2D eigenvalue weighted by Gasteiger charge is -2.46. The van der Waals surface area contributed by atoms with Crippen LogP contribution in [0.1, 0.15) is 13.8 Å². The van der Waals surface area contributed by atoms with Crippen molar-refractivity contribution in [1.82, 2.24) is 5.32 Å². The van der Waals surface area contributed by atoms with Crippen LogP contribution < -0.4 is 11.1 Å². The van der Waals surface area contributed by atoms with Crippen LogP contribution in [-0.2, 0) is 33.3 Å². The highest BCUT2D eigenvalue weighted by molar-refractivity contribution is 5.73. The van der Waals surface area contributed by atoms with Gasteiger partial charge in [0, 0.05) is 6.92 Å². The minimum atomic E-state index is -1.44. The van der Waals surface area contributed by atoms with Gasteiger partial charge < -0.3 is 55.2 Å². The minimum Gasteiger partial charge on any atom is -0.479 e. The van der Waals surface area contributed by atoms with E-state index in [9.17, 15) is 30.0 Å². The number of amides is 1. The van der Waals surface area contributed by atoms with E-state index in [1.807, 2.05) is 0 Å². The van der Waals surface area contributed by atoms with Crippen LogP contribution in [-0.4, -0.2) is 113 Å². The summed E-state index contributed by atoms with van der Waals surface area (Å²) in [5.41, 5.74) is 5.94. The molecular weight excluding hydrogens is 408 g/mol. The van der Waals surface area contributed by atoms with Gasteiger partial charge in [0.2, 0.25) is 5.91 Å². The average Bonchev–Trinajstić information content (AvgIpc) is 3.13. The summed E-state index contributed by atoms with van der Waals surface area (Å²) < 4.78 is 28.4. The lowest BCUT2D eigenvalue weighted by atomic mass is 9.95. The highest BCUT2D eigenvalue weighted by Crippen LogP contribution is 2.34. The van der Waals surface area contributed by atoms with Crippen molar-refractivity contribution in [2.75, 3.05) is 13.2 Å². The number of carboxylic acids is 1. The van der Waals surface area contributed by atoms with Crippen LogP contribution in [0, 0.1) is 0 Å². The summed E-state index contributed by atoms with van der Waals surface area (Å²) in [5.74, 6) is -1.64. The number of carbonyl (C=O) groups excluding carboxylic acids is 1. The molecule has 0 aromatic rings. The van der Waals surface area contributed by atoms with Gasteiger partial charge in [-0.05, 0) is 6.92 Å². The van der Waals surface area contributed by atoms with Crippen molar-refractivity contribution < 1.29 is 53.7 Å². The highest BCUT2D eigenvalue weighted by atomic mass is 16.8. The second-order valence-electron chi connectivity index (χ2n) is 7.57. The summed E-state index contributed by atoms with van der Waals surface area (Å²) >= 11 is 0. The molecule has 13 heteroatoms. The molecular formula is C17H28N2O11. The number of hydrogen-bond donors (Lipinski definition) is 6. The van der Waals surface area contributed by atoms with E-state index in [0.717, 1.165) is 0 Å². The Morgan fingerprint density at radius 2 is 1.93 bits per heavy atom. The van der Waals surface area contributed by atoms with E-state index in [2.05, 4.69) is 5.32 Å². The van der Waals surface area contributed by atoms with Gasteiger partial charge >= 0.3 is 5.97 Å². The first-order valence-corrected chi connectivity index (χ1v) is 9.60. The molecule has 172 valence electrons. The highest BCUT2D eigenvalue weighted by Gasteiger charge is 2.55. The zero-order valence-corrected chi connectivity index (χ0v) is 16.5. The fourth-order valence-corrected chi connectivity index (χ4v) is 3.76. The van der Waals surface area contributed by atoms with E-state index in [4.69, 9.17) is 29.4 Å². The number of hydrogen-bond acceptors (Lipinski definition) is 11. The van der Waals surface area contributed by atoms with Crippen molar-refractivity contribution in [3.05, 3.63) is 0 Å². The molecule has 3 fully saturated rings. The van der Waals surface area contributed by atoms with Gasteiger partial charge in [0.25, 0.3) is 0 Å². The Kier molecular flexibility index (Phi) is 7.27. The number of nitrogens with two attached hydrogens (primary N) is 1. The molecule has 0 aliphatic carbocycles. The van der Waals surface area contributed by atoms with Crippen molar-refractivity contribution in [3.8, 4) is 0 Å². The number of carbonyl (C=O) groups is 2. The van der Waals surface area contributed by atoms with E-state index in [1.54, 1.807) is 0 Å². The third-order valence-corrected chi connectivity index (χ3v) is 5.37. The van der Waals surface area contributed by atoms with E-state index >= 15 is 0 Å². The Morgan fingerprint density at radius 3 is 2.53 bits per heavy atom. The van der Waals surface area contributed by atoms with Gasteiger partial charge in [-0.1, -0.05) is 0 Å². The lowest BCUT2D eigenvalue weighted by molar-refractivity contribution is -0.310. The summed E-state index contributed by atoms with van der Waals surface area (Å²) in [6.45, 7) is 2.08. The second-order valence-corrected chi connectivity index (χ2v) is 7.57. The van der Waals surface area contributed by atoms with Gasteiger partial charge in [0.1, 0.15) is 42.7 Å². The van der Waals surface area contributed by atoms with Crippen molar-refractivity contribution in [3.63, 3.8) is 0 Å². The van der Waals surface area contributed by atoms with Crippen LogP contribution in [0.15, 0.2) is 0 Å². The van der Waals surface area contributed by atoms with Crippen LogP contribution in [0.4, 0.5) is 0 Å². The summed E-state index contributed by atoms with van der Waals surface area (Å²) in [6.07, 6.45) is -10.1. The molecule has 3 rings (SSSR count). The summed E-state index contributed by atoms with van der Waals surface area (Å²) in [6, 6.07) is -2.07. The predicted molar refractivity (Wildman–Crippen MR) is 94.8 cm³/mol. The van der Waals surface area contributed by atoms with E-state index in [0.29, 0.717) is 0 Å². The van der Waals surface area contributed by atoms with Gasteiger partial charge in [-0.15, -0.1) is 0 Å². The zero-order chi connectivity index (χ0) is 22.2. The Morgan fingerprint density at radius 1 is 1.23 bits per heavy atom. The third kappa shape index (κ3) is 4.59. The SMILES string of the molecule is CC(=O)NC1C2OCC(O2)C(OC2OC(CO)C(O)C(O)C2N)C1OC(C)C(=O)O. The number of aliphatic hydroxyl groups is 3. The summed E-state index contributed by atoms with van der Waals surface area (Å²) in [5, 5.41) is 41.4. The van der Waals surface area contributed by atoms with Crippen molar-refractivity contribution >= 4 is 11.9 Å². The minimum absolute atomic E-state index is 0.0727. The van der Waals surface area contributed by atoms with Crippen molar-refractivity contribution in [2.45, 2.75) is 81.2 Å². The first-order chi connectivity index (χ1) is 14.1. The Bertz CT molecular complexity index is 635. The fraction of sp³-hybridized carbons (Fsp3) is 0.882. The maximum Gasteiger partial charge on any atom is 0.332 e. The number of carboxylic acid groups (broad SMARTS) is 1. The van der Waals surface area contributed by atoms with Gasteiger partial charge in [0.05, 0.1) is 19.3 Å². The molecule has 0 aromatic heterocycles. The number of aliphatic carboxylic acids is 1. The monoisotopic (exact) mass is 436 g/mol. The molecule has 3 aliphatic heterocycles. The molecule has 1 amide bonds. The average molecular weight is 436 g/mol. The second kappa shape index (κ2) is 9.38. The maximum absolute atomic E-state index is 11.7. The van der Waals surface area contributed by atoms with Crippen LogP contribution in [0.3, 0.4) is 0 Å². The summed E-state index contributed by atoms with van der Waals surface area (Å²) in [7, 11) is 0. The molecule has 3 saturated heterocycles. The van der Waals surface area contributed by atoms with E-state index in [-0.39, 0.29) is 6.61 Å². The molecule has 13 nitrogen and oxygen atoms in total. The molecule has 2 bridgehead atoms. The first kappa shape index (κ1) is 23.2. The number of rotatable bonds is 7. The van der Waals surface area contributed by atoms with E-state index in [1.165, 1.54) is 13.8 Å². The van der Waals surface area contributed by atoms with Gasteiger partial charge in [-0.25, -0.2) is 4.79 Å². The Hall–Kier alpha value is -1.42. The fourth-order valence-electron chi connectivity index (χ4n) is 3.76. The number of aliphatic hydroxyl groups excluding tert-OH is 3. The summed E-state index contributed by atoms with van der Waals surface area (Å²) in [4.78, 5) is 23.0. The van der Waals surface area contributed by atoms with Gasteiger partial charge in [-0.3, -0.25) is 4.79 Å². The van der Waals surface area contributed by atoms with Crippen molar-refractivity contribution in [1.29, 1.82) is 0 Å². The van der Waals surface area contributed by atoms with Crippen LogP contribution in [0.2, 0.25) is 0 Å². The Balaban J connectivity index is 1.85. The van der Waals surface area contributed by atoms with Crippen molar-refractivity contribution in [2.24, 2.45) is 5.73 Å².